The van der Waals surface area contributed by atoms with Crippen LogP contribution in [0.25, 0.3) is 0 Å². The van der Waals surface area contributed by atoms with E-state index in [-0.39, 0.29) is 37.6 Å². The first kappa shape index (κ1) is 28.0. The van der Waals surface area contributed by atoms with Crippen molar-refractivity contribution in [3.63, 3.8) is 0 Å². The largest absolute Gasteiger partial charge is 0.458 e. The zero-order chi connectivity index (χ0) is 27.6. The molecule has 0 aliphatic heterocycles. The van der Waals surface area contributed by atoms with Crippen LogP contribution in [-0.4, -0.2) is 64.6 Å². The average molecular weight is 519 g/mol. The summed E-state index contributed by atoms with van der Waals surface area (Å²) in [4.78, 5) is 39.3. The van der Waals surface area contributed by atoms with E-state index in [1.165, 1.54) is 7.11 Å². The third-order valence-corrected chi connectivity index (χ3v) is 9.74. The molecule has 0 aromatic heterocycles. The van der Waals surface area contributed by atoms with Gasteiger partial charge in [0.2, 0.25) is 0 Å². The molecule has 0 aromatic carbocycles. The van der Waals surface area contributed by atoms with Crippen LogP contribution in [0.5, 0.6) is 0 Å². The van der Waals surface area contributed by atoms with E-state index >= 15 is 0 Å². The number of Topliss-reactive ketones (excluding diaryl/α,β-unsaturated/α-hetero) is 1. The quantitative estimate of drug-likeness (QED) is 0.371. The average Bonchev–Trinajstić information content (AvgIpc) is 3.25. The standard InChI is InChI=1S/C29H42O8/c1-8-10-21(31)36-25-17(4)28(34)19(23-26(5,6)29(23,25)37-22(32)11-9-2)13-18(15-30)14-27(35-7)20(28)12-16(3)24(27)33/h12-13,17,19-20,23,25,30,34H,8-11,14-15H2,1-7H3/t17-,19+,20-,23?,25-,27-,28-,29-/m1/s1. The summed E-state index contributed by atoms with van der Waals surface area (Å²) in [5, 5.41) is 23.1. The Kier molecular flexibility index (Phi) is 7.04. The third-order valence-electron chi connectivity index (χ3n) is 9.74. The monoisotopic (exact) mass is 518 g/mol. The minimum Gasteiger partial charge on any atom is -0.458 e. The molecule has 0 saturated heterocycles. The molecule has 2 N–H and O–H groups in total. The molecule has 8 atom stereocenters. The number of carbonyl (C=O) groups is 3. The highest BCUT2D eigenvalue weighted by Gasteiger charge is 2.88. The number of aliphatic hydroxyl groups is 2. The van der Waals surface area contributed by atoms with E-state index in [1.807, 2.05) is 33.8 Å². The maximum Gasteiger partial charge on any atom is 0.306 e. The van der Waals surface area contributed by atoms with Crippen LogP contribution in [0, 0.1) is 29.1 Å². The van der Waals surface area contributed by atoms with Gasteiger partial charge in [-0.05, 0) is 30.9 Å². The Morgan fingerprint density at radius 3 is 2.30 bits per heavy atom. The smallest absolute Gasteiger partial charge is 0.306 e. The SMILES string of the molecule is CCCC(=O)O[C@@H]1[C@@H](C)[C@@]2(O)[C@@H](C=C(CO)C[C@]3(OC)C(=O)C(C)=C[C@@H]23)C2C(C)(C)[C@@]21OC(=O)CCC. The first-order valence-corrected chi connectivity index (χ1v) is 13.6. The number of rotatable bonds is 8. The molecule has 4 rings (SSSR count). The fourth-order valence-electron chi connectivity index (χ4n) is 7.93. The molecule has 4 aliphatic rings. The highest BCUT2D eigenvalue weighted by atomic mass is 16.6. The molecule has 0 bridgehead atoms. The molecule has 2 fully saturated rings. The van der Waals surface area contributed by atoms with Crippen molar-refractivity contribution in [3.8, 4) is 0 Å². The summed E-state index contributed by atoms with van der Waals surface area (Å²) >= 11 is 0. The van der Waals surface area contributed by atoms with Gasteiger partial charge in [-0.15, -0.1) is 0 Å². The Morgan fingerprint density at radius 1 is 1.11 bits per heavy atom. The van der Waals surface area contributed by atoms with Crippen LogP contribution < -0.4 is 0 Å². The first-order chi connectivity index (χ1) is 17.3. The Bertz CT molecular complexity index is 1040. The Balaban J connectivity index is 1.94. The third kappa shape index (κ3) is 3.62. The predicted molar refractivity (Wildman–Crippen MR) is 135 cm³/mol. The van der Waals surface area contributed by atoms with Crippen LogP contribution >= 0.6 is 0 Å². The van der Waals surface area contributed by atoms with Crippen LogP contribution in [0.3, 0.4) is 0 Å². The van der Waals surface area contributed by atoms with Gasteiger partial charge in [0.15, 0.2) is 11.4 Å². The Labute approximate surface area is 219 Å². The summed E-state index contributed by atoms with van der Waals surface area (Å²) in [6.07, 6.45) is 4.49. The van der Waals surface area contributed by atoms with E-state index < -0.39 is 58.0 Å². The van der Waals surface area contributed by atoms with Gasteiger partial charge in [-0.3, -0.25) is 14.4 Å². The van der Waals surface area contributed by atoms with Crippen molar-refractivity contribution < 1.29 is 38.8 Å². The van der Waals surface area contributed by atoms with Crippen molar-refractivity contribution in [1.82, 2.24) is 0 Å². The molecule has 0 spiro atoms. The molecule has 0 radical (unpaired) electrons. The van der Waals surface area contributed by atoms with Gasteiger partial charge < -0.3 is 24.4 Å². The molecule has 8 nitrogen and oxygen atoms in total. The second-order valence-corrected chi connectivity index (χ2v) is 12.0. The molecule has 1 unspecified atom stereocenters. The van der Waals surface area contributed by atoms with Crippen LogP contribution in [0.15, 0.2) is 23.3 Å². The van der Waals surface area contributed by atoms with Crippen molar-refractivity contribution in [2.24, 2.45) is 29.1 Å². The van der Waals surface area contributed by atoms with Crippen LogP contribution in [0.4, 0.5) is 0 Å². The lowest BCUT2D eigenvalue weighted by Crippen LogP contribution is -2.66. The number of esters is 2. The highest BCUT2D eigenvalue weighted by molar-refractivity contribution is 6.05. The molecule has 2 saturated carbocycles. The van der Waals surface area contributed by atoms with Gasteiger partial charge >= 0.3 is 11.9 Å². The maximum absolute atomic E-state index is 13.5. The number of ether oxygens (including phenoxy) is 3. The van der Waals surface area contributed by atoms with E-state index in [2.05, 4.69) is 0 Å². The summed E-state index contributed by atoms with van der Waals surface area (Å²) in [6.45, 7) is 10.9. The number of carbonyl (C=O) groups excluding carboxylic acids is 3. The van der Waals surface area contributed by atoms with Crippen LogP contribution in [0.1, 0.15) is 73.6 Å². The minimum atomic E-state index is -1.57. The van der Waals surface area contributed by atoms with Crippen molar-refractivity contribution in [1.29, 1.82) is 0 Å². The van der Waals surface area contributed by atoms with Gasteiger partial charge in [0, 0.05) is 55.5 Å². The van der Waals surface area contributed by atoms with E-state index in [0.29, 0.717) is 24.0 Å². The molecule has 0 heterocycles. The number of ketones is 1. The number of methoxy groups -OCH3 is 1. The Hall–Kier alpha value is -2.03. The second kappa shape index (κ2) is 9.31. The molecule has 37 heavy (non-hydrogen) atoms. The van der Waals surface area contributed by atoms with Crippen molar-refractivity contribution in [2.45, 2.75) is 96.6 Å². The lowest BCUT2D eigenvalue weighted by atomic mass is 9.59. The topological polar surface area (TPSA) is 119 Å². The lowest BCUT2D eigenvalue weighted by molar-refractivity contribution is -0.231. The summed E-state index contributed by atoms with van der Waals surface area (Å²) in [5.41, 5.74) is -3.66. The van der Waals surface area contributed by atoms with Gasteiger partial charge in [0.05, 0.1) is 12.2 Å². The zero-order valence-corrected chi connectivity index (χ0v) is 23.1. The Morgan fingerprint density at radius 2 is 1.73 bits per heavy atom. The molecule has 0 amide bonds. The zero-order valence-electron chi connectivity index (χ0n) is 23.1. The van der Waals surface area contributed by atoms with E-state index in [9.17, 15) is 24.6 Å². The maximum atomic E-state index is 13.5. The van der Waals surface area contributed by atoms with Gasteiger partial charge in [0.25, 0.3) is 0 Å². The summed E-state index contributed by atoms with van der Waals surface area (Å²) in [7, 11) is 1.46. The minimum absolute atomic E-state index is 0.138. The van der Waals surface area contributed by atoms with E-state index in [1.54, 1.807) is 19.9 Å². The molecule has 0 aromatic rings. The predicted octanol–water partition coefficient (Wildman–Crippen LogP) is 3.29. The van der Waals surface area contributed by atoms with Gasteiger partial charge in [-0.1, -0.05) is 46.8 Å². The molecule has 206 valence electrons. The number of fused-ring (bicyclic) bond motifs is 5. The molecule has 8 heteroatoms. The fraction of sp³-hybridized carbons (Fsp3) is 0.759. The van der Waals surface area contributed by atoms with Gasteiger partial charge in [-0.2, -0.15) is 0 Å². The van der Waals surface area contributed by atoms with Crippen molar-refractivity contribution in [2.75, 3.05) is 13.7 Å². The van der Waals surface area contributed by atoms with Crippen LogP contribution in [-0.2, 0) is 28.6 Å². The van der Waals surface area contributed by atoms with Crippen molar-refractivity contribution in [3.05, 3.63) is 23.3 Å². The fourth-order valence-corrected chi connectivity index (χ4v) is 7.93. The summed E-state index contributed by atoms with van der Waals surface area (Å²) in [5.74, 6) is -3.44. The van der Waals surface area contributed by atoms with Gasteiger partial charge in [-0.25, -0.2) is 0 Å². The number of aliphatic hydroxyl groups excluding tert-OH is 1. The number of hydrogen-bond acceptors (Lipinski definition) is 8. The van der Waals surface area contributed by atoms with Crippen molar-refractivity contribution >= 4 is 17.7 Å². The second-order valence-electron chi connectivity index (χ2n) is 12.0. The molecule has 4 aliphatic carbocycles. The molecular formula is C29H42O8. The van der Waals surface area contributed by atoms with Gasteiger partial charge in [0.1, 0.15) is 11.7 Å². The number of hydrogen-bond donors (Lipinski definition) is 2. The van der Waals surface area contributed by atoms with E-state index in [0.717, 1.165) is 0 Å². The van der Waals surface area contributed by atoms with E-state index in [4.69, 9.17) is 14.2 Å². The summed E-state index contributed by atoms with van der Waals surface area (Å²) < 4.78 is 18.3. The summed E-state index contributed by atoms with van der Waals surface area (Å²) in [6, 6.07) is 0. The highest BCUT2D eigenvalue weighted by Crippen LogP contribution is 2.77. The molecular weight excluding hydrogens is 476 g/mol. The lowest BCUT2D eigenvalue weighted by Gasteiger charge is -2.53. The first-order valence-electron chi connectivity index (χ1n) is 13.6. The normalized spacial score (nSPS) is 41.4. The van der Waals surface area contributed by atoms with Crippen LogP contribution in [0.2, 0.25) is 0 Å².